The molecule has 1 aliphatic heterocycles. The molecule has 2 heterocycles. The number of hydrogen-bond donors (Lipinski definition) is 3. The summed E-state index contributed by atoms with van der Waals surface area (Å²) in [5.74, 6) is -4.33. The molecule has 0 spiro atoms. The molecule has 12 heteroatoms. The van der Waals surface area contributed by atoms with Crippen LogP contribution >= 0.6 is 0 Å². The average molecular weight is 710 g/mol. The fraction of sp³-hybridized carbons (Fsp3) is 0.400. The molecule has 0 bridgehead atoms. The number of ether oxygens (including phenoxy) is 2. The molecule has 1 aromatic heterocycles. The molecule has 4 aromatic rings. The summed E-state index contributed by atoms with van der Waals surface area (Å²) in [4.78, 5) is 63.5. The first-order valence-electron chi connectivity index (χ1n) is 17.3. The third-order valence-electron chi connectivity index (χ3n) is 8.93. The number of fused-ring (bicyclic) bond motifs is 2. The highest BCUT2D eigenvalue weighted by molar-refractivity contribution is 6.06. The van der Waals surface area contributed by atoms with E-state index < -0.39 is 40.6 Å². The maximum Gasteiger partial charge on any atom is 0.338 e. The van der Waals surface area contributed by atoms with Gasteiger partial charge >= 0.3 is 17.9 Å². The lowest BCUT2D eigenvalue weighted by Gasteiger charge is -2.34. The number of anilines is 1. The zero-order valence-electron chi connectivity index (χ0n) is 30.6. The van der Waals surface area contributed by atoms with Crippen molar-refractivity contribution < 1.29 is 33.8 Å². The van der Waals surface area contributed by atoms with Gasteiger partial charge in [0.2, 0.25) is 11.5 Å². The molecule has 1 aliphatic rings. The molecule has 0 aliphatic carbocycles. The lowest BCUT2D eigenvalue weighted by Crippen LogP contribution is -2.62. The monoisotopic (exact) mass is 709 g/mol. The summed E-state index contributed by atoms with van der Waals surface area (Å²) in [6.45, 7) is 11.1. The number of aliphatic carboxylic acids is 1. The number of amides is 1. The Morgan fingerprint density at radius 1 is 0.865 bits per heavy atom. The molecule has 0 radical (unpaired) electrons. The van der Waals surface area contributed by atoms with E-state index in [-0.39, 0.29) is 43.2 Å². The van der Waals surface area contributed by atoms with Gasteiger partial charge in [-0.2, -0.15) is 0 Å². The lowest BCUT2D eigenvalue weighted by molar-refractivity contribution is -0.172. The molecule has 1 amide bonds. The molecular weight excluding hydrogens is 662 g/mol. The normalized spacial score (nSPS) is 14.7. The number of rotatable bonds is 11. The van der Waals surface area contributed by atoms with Crippen molar-refractivity contribution in [3.63, 3.8) is 0 Å². The third-order valence-corrected chi connectivity index (χ3v) is 8.93. The van der Waals surface area contributed by atoms with Gasteiger partial charge in [0.25, 0.3) is 5.91 Å². The van der Waals surface area contributed by atoms with Gasteiger partial charge in [0, 0.05) is 30.8 Å². The summed E-state index contributed by atoms with van der Waals surface area (Å²) in [5.41, 5.74) is 13.4. The second kappa shape index (κ2) is 14.7. The summed E-state index contributed by atoms with van der Waals surface area (Å²) >= 11 is 0. The number of hydrogen-bond acceptors (Lipinski definition) is 10. The van der Waals surface area contributed by atoms with Crippen LogP contribution in [0.1, 0.15) is 88.0 Å². The van der Waals surface area contributed by atoms with E-state index >= 15 is 0 Å². The highest BCUT2D eigenvalue weighted by Crippen LogP contribution is 2.35. The standard InChI is InChI=1S/C40H47N5O7/c1-38(2,3)51-32(46)17-11-15-28(40(42,35(48)49)36(50)52-39(4,5)6)20-24-12-9-10-16-29(24)25-18-19-31-30(21-25)33(44-37(41)43-31)34(47)45-22-26-13-7-8-14-27(26)23-45/h7-10,12-14,16,18-19,21,28H,11,15,17,20,22-23,42H2,1-6H3,(H,48,49)(H2,41,43,44)/t28?,40-/m0/s1. The van der Waals surface area contributed by atoms with Crippen LogP contribution in [0, 0.1) is 5.92 Å². The minimum atomic E-state index is -2.43. The predicted octanol–water partition coefficient (Wildman–Crippen LogP) is 5.83. The van der Waals surface area contributed by atoms with Crippen LogP contribution in [0.2, 0.25) is 0 Å². The molecular formula is C40H47N5O7. The van der Waals surface area contributed by atoms with Gasteiger partial charge < -0.3 is 30.9 Å². The van der Waals surface area contributed by atoms with Crippen LogP contribution in [0.15, 0.2) is 66.7 Å². The van der Waals surface area contributed by atoms with E-state index in [1.807, 2.05) is 60.7 Å². The Morgan fingerprint density at radius 2 is 1.48 bits per heavy atom. The van der Waals surface area contributed by atoms with Crippen molar-refractivity contribution in [3.05, 3.63) is 89.1 Å². The van der Waals surface area contributed by atoms with Crippen molar-refractivity contribution >= 4 is 40.7 Å². The zero-order valence-corrected chi connectivity index (χ0v) is 30.6. The van der Waals surface area contributed by atoms with E-state index in [0.29, 0.717) is 35.1 Å². The van der Waals surface area contributed by atoms with Crippen LogP contribution in [0.4, 0.5) is 5.95 Å². The SMILES string of the molecule is CC(C)(C)OC(=O)CCCC(Cc1ccccc1-c1ccc2nc(N)nc(C(=O)N3Cc4ccccc4C3)c2c1)[C@](N)(C(=O)O)C(=O)OC(C)(C)C. The van der Waals surface area contributed by atoms with Crippen LogP contribution in [0.5, 0.6) is 0 Å². The zero-order chi connectivity index (χ0) is 38.0. The Bertz CT molecular complexity index is 1990. The molecule has 1 unspecified atom stereocenters. The maximum atomic E-state index is 13.9. The number of carboxylic acid groups (broad SMARTS) is 1. The summed E-state index contributed by atoms with van der Waals surface area (Å²) in [5, 5.41) is 11.0. The molecule has 0 saturated carbocycles. The molecule has 0 fully saturated rings. The molecule has 3 aromatic carbocycles. The van der Waals surface area contributed by atoms with Crippen LogP contribution in [-0.4, -0.2) is 60.5 Å². The predicted molar refractivity (Wildman–Crippen MR) is 197 cm³/mol. The number of carboxylic acids is 1. The van der Waals surface area contributed by atoms with Gasteiger partial charge in [-0.1, -0.05) is 54.6 Å². The van der Waals surface area contributed by atoms with Gasteiger partial charge in [0.15, 0.2) is 0 Å². The number of carbonyl (C=O) groups excluding carboxylic acids is 3. The van der Waals surface area contributed by atoms with Crippen LogP contribution in [0.3, 0.4) is 0 Å². The Morgan fingerprint density at radius 3 is 2.10 bits per heavy atom. The summed E-state index contributed by atoms with van der Waals surface area (Å²) in [6, 6.07) is 20.7. The average Bonchev–Trinajstić information content (AvgIpc) is 3.49. The maximum absolute atomic E-state index is 13.9. The quantitative estimate of drug-likeness (QED) is 0.126. The van der Waals surface area contributed by atoms with E-state index in [2.05, 4.69) is 9.97 Å². The van der Waals surface area contributed by atoms with Gasteiger partial charge in [-0.3, -0.25) is 9.59 Å². The van der Waals surface area contributed by atoms with E-state index in [4.69, 9.17) is 20.9 Å². The van der Waals surface area contributed by atoms with Gasteiger partial charge in [-0.05, 0) is 101 Å². The van der Waals surface area contributed by atoms with E-state index in [9.17, 15) is 24.3 Å². The van der Waals surface area contributed by atoms with Crippen molar-refractivity contribution in [3.8, 4) is 11.1 Å². The first-order chi connectivity index (χ1) is 24.4. The molecule has 274 valence electrons. The van der Waals surface area contributed by atoms with Gasteiger partial charge in [-0.25, -0.2) is 19.6 Å². The second-order valence-electron chi connectivity index (χ2n) is 15.3. The summed E-state index contributed by atoms with van der Waals surface area (Å²) < 4.78 is 11.0. The minimum Gasteiger partial charge on any atom is -0.479 e. The highest BCUT2D eigenvalue weighted by Gasteiger charge is 2.51. The molecule has 2 atom stereocenters. The second-order valence-corrected chi connectivity index (χ2v) is 15.3. The topological polar surface area (TPSA) is 188 Å². The minimum absolute atomic E-state index is 0.00610. The van der Waals surface area contributed by atoms with Gasteiger partial charge in [0.05, 0.1) is 5.52 Å². The molecule has 12 nitrogen and oxygen atoms in total. The third kappa shape index (κ3) is 8.56. The number of nitrogens with two attached hydrogens (primary N) is 2. The highest BCUT2D eigenvalue weighted by atomic mass is 16.6. The van der Waals surface area contributed by atoms with Crippen molar-refractivity contribution in [1.82, 2.24) is 14.9 Å². The van der Waals surface area contributed by atoms with Crippen LogP contribution < -0.4 is 11.5 Å². The first kappa shape index (κ1) is 37.9. The largest absolute Gasteiger partial charge is 0.479 e. The number of esters is 2. The van der Waals surface area contributed by atoms with Gasteiger partial charge in [-0.15, -0.1) is 0 Å². The number of benzene rings is 3. The fourth-order valence-corrected chi connectivity index (χ4v) is 6.52. The number of nitrogen functional groups attached to an aromatic ring is 1. The Balaban J connectivity index is 1.52. The summed E-state index contributed by atoms with van der Waals surface area (Å²) in [7, 11) is 0. The van der Waals surface area contributed by atoms with Crippen LogP contribution in [-0.2, 0) is 43.4 Å². The smallest absolute Gasteiger partial charge is 0.338 e. The molecule has 52 heavy (non-hydrogen) atoms. The Kier molecular flexibility index (Phi) is 10.7. The number of nitrogens with zero attached hydrogens (tertiary/aromatic N) is 3. The van der Waals surface area contributed by atoms with Crippen molar-refractivity contribution in [2.45, 2.75) is 97.1 Å². The first-order valence-corrected chi connectivity index (χ1v) is 17.3. The molecule has 5 N–H and O–H groups in total. The van der Waals surface area contributed by atoms with E-state index in [1.54, 1.807) is 52.5 Å². The fourth-order valence-electron chi connectivity index (χ4n) is 6.52. The van der Waals surface area contributed by atoms with Crippen molar-refractivity contribution in [1.29, 1.82) is 0 Å². The number of aromatic nitrogens is 2. The summed E-state index contributed by atoms with van der Waals surface area (Å²) in [6.07, 6.45) is 0.390. The molecule has 0 saturated heterocycles. The Labute approximate surface area is 303 Å². The van der Waals surface area contributed by atoms with Gasteiger partial charge in [0.1, 0.15) is 16.9 Å². The lowest BCUT2D eigenvalue weighted by atomic mass is 9.76. The molecule has 5 rings (SSSR count). The van der Waals surface area contributed by atoms with E-state index in [0.717, 1.165) is 16.7 Å². The van der Waals surface area contributed by atoms with E-state index in [1.165, 1.54) is 0 Å². The Hall–Kier alpha value is -5.36. The van der Waals surface area contributed by atoms with Crippen molar-refractivity contribution in [2.75, 3.05) is 5.73 Å². The van der Waals surface area contributed by atoms with Crippen LogP contribution in [0.25, 0.3) is 22.0 Å². The number of carbonyl (C=O) groups is 4. The van der Waals surface area contributed by atoms with Crippen molar-refractivity contribution in [2.24, 2.45) is 11.7 Å².